The highest BCUT2D eigenvalue weighted by Crippen LogP contribution is 2.26. The van der Waals surface area contributed by atoms with Crippen LogP contribution >= 0.6 is 0 Å². The zero-order valence-corrected chi connectivity index (χ0v) is 15.7. The molecule has 0 saturated carbocycles. The second-order valence-corrected chi connectivity index (χ2v) is 8.62. The first kappa shape index (κ1) is 18.5. The van der Waals surface area contributed by atoms with Gasteiger partial charge in [-0.3, -0.25) is 4.79 Å². The second-order valence-electron chi connectivity index (χ2n) is 6.68. The molecule has 0 radical (unpaired) electrons. The van der Waals surface area contributed by atoms with Crippen molar-refractivity contribution >= 4 is 15.9 Å². The highest BCUT2D eigenvalue weighted by molar-refractivity contribution is 7.89. The number of hydrogen-bond acceptors (Lipinski definition) is 5. The van der Waals surface area contributed by atoms with E-state index in [0.717, 1.165) is 12.8 Å². The molecule has 9 heteroatoms. The summed E-state index contributed by atoms with van der Waals surface area (Å²) >= 11 is 0. The van der Waals surface area contributed by atoms with Crippen LogP contribution in [0.5, 0.6) is 0 Å². The Hall–Kier alpha value is -2.26. The summed E-state index contributed by atoms with van der Waals surface area (Å²) in [7, 11) is -3.54. The molecule has 1 amide bonds. The highest BCUT2D eigenvalue weighted by Gasteiger charge is 2.31. The van der Waals surface area contributed by atoms with Gasteiger partial charge in [-0.25, -0.2) is 13.1 Å². The smallest absolute Gasteiger partial charge is 0.273 e. The lowest BCUT2D eigenvalue weighted by Gasteiger charge is -2.31. The van der Waals surface area contributed by atoms with Gasteiger partial charge in [-0.05, 0) is 38.8 Å². The Morgan fingerprint density at radius 2 is 2.00 bits per heavy atom. The molecule has 140 valence electrons. The molecule has 1 atom stereocenters. The number of carbonyl (C=O) groups is 1. The molecule has 1 N–H and O–H groups in total. The number of sulfonamides is 1. The first-order valence-electron chi connectivity index (χ1n) is 8.66. The van der Waals surface area contributed by atoms with E-state index in [1.54, 1.807) is 41.2 Å². The summed E-state index contributed by atoms with van der Waals surface area (Å²) in [4.78, 5) is 12.3. The minimum atomic E-state index is -3.54. The Bertz CT molecular complexity index is 864. The fourth-order valence-corrected chi connectivity index (χ4v) is 4.53. The number of aromatic nitrogens is 3. The van der Waals surface area contributed by atoms with E-state index < -0.39 is 10.0 Å². The van der Waals surface area contributed by atoms with E-state index in [2.05, 4.69) is 15.6 Å². The van der Waals surface area contributed by atoms with Crippen molar-refractivity contribution in [3.05, 3.63) is 42.2 Å². The van der Waals surface area contributed by atoms with Crippen molar-refractivity contribution in [3.8, 4) is 0 Å². The monoisotopic (exact) mass is 377 g/mol. The van der Waals surface area contributed by atoms with Crippen LogP contribution in [0, 0.1) is 0 Å². The Labute approximate surface area is 153 Å². The normalized spacial score (nSPS) is 18.8. The molecule has 1 aromatic carbocycles. The number of nitrogens with one attached hydrogen (secondary N) is 1. The van der Waals surface area contributed by atoms with E-state index in [0.29, 0.717) is 13.1 Å². The Balaban J connectivity index is 1.75. The van der Waals surface area contributed by atoms with Crippen LogP contribution in [-0.2, 0) is 10.0 Å². The molecular weight excluding hydrogens is 354 g/mol. The van der Waals surface area contributed by atoms with Crippen LogP contribution < -0.4 is 5.32 Å². The van der Waals surface area contributed by atoms with E-state index in [1.807, 2.05) is 13.8 Å². The lowest BCUT2D eigenvalue weighted by molar-refractivity contribution is 0.0938. The molecule has 1 saturated heterocycles. The summed E-state index contributed by atoms with van der Waals surface area (Å²) in [6.45, 7) is 4.53. The van der Waals surface area contributed by atoms with Crippen LogP contribution in [0.15, 0.2) is 41.4 Å². The average Bonchev–Trinajstić information content (AvgIpc) is 3.12. The first-order valence-corrected chi connectivity index (χ1v) is 10.1. The standard InChI is InChI=1S/C17H23N5O3S/c1-13(2)18-17(23)16-12-22(20-19-16)14-7-6-10-21(11-14)26(24,25)15-8-4-3-5-9-15/h3-5,8-9,12-14H,6-7,10-11H2,1-2H3,(H,18,23). The third-order valence-corrected chi connectivity index (χ3v) is 6.16. The fourth-order valence-electron chi connectivity index (χ4n) is 2.99. The van der Waals surface area contributed by atoms with Crippen molar-refractivity contribution in [2.45, 2.75) is 43.7 Å². The zero-order valence-electron chi connectivity index (χ0n) is 14.9. The van der Waals surface area contributed by atoms with Crippen LogP contribution in [0.3, 0.4) is 0 Å². The molecule has 2 aromatic rings. The Morgan fingerprint density at radius 1 is 1.27 bits per heavy atom. The number of hydrogen-bond donors (Lipinski definition) is 1. The SMILES string of the molecule is CC(C)NC(=O)c1cn(C2CCCN(S(=O)(=O)c3ccccc3)C2)nn1. The third kappa shape index (κ3) is 3.94. The van der Waals surface area contributed by atoms with Crippen molar-refractivity contribution in [2.75, 3.05) is 13.1 Å². The first-order chi connectivity index (χ1) is 12.4. The molecule has 1 aliphatic heterocycles. The lowest BCUT2D eigenvalue weighted by Crippen LogP contribution is -2.40. The molecule has 1 aliphatic rings. The van der Waals surface area contributed by atoms with Gasteiger partial charge in [-0.15, -0.1) is 5.10 Å². The van der Waals surface area contributed by atoms with E-state index in [4.69, 9.17) is 0 Å². The summed E-state index contributed by atoms with van der Waals surface area (Å²) in [5, 5.41) is 10.7. The van der Waals surface area contributed by atoms with Crippen LogP contribution in [0.4, 0.5) is 0 Å². The van der Waals surface area contributed by atoms with E-state index in [9.17, 15) is 13.2 Å². The zero-order chi connectivity index (χ0) is 18.7. The molecule has 1 aromatic heterocycles. The van der Waals surface area contributed by atoms with Gasteiger partial charge in [-0.1, -0.05) is 23.4 Å². The van der Waals surface area contributed by atoms with Gasteiger partial charge in [0.2, 0.25) is 10.0 Å². The second kappa shape index (κ2) is 7.55. The minimum absolute atomic E-state index is 0.00818. The maximum Gasteiger partial charge on any atom is 0.273 e. The molecule has 0 spiro atoms. The highest BCUT2D eigenvalue weighted by atomic mass is 32.2. The largest absolute Gasteiger partial charge is 0.348 e. The molecule has 0 aliphatic carbocycles. The predicted molar refractivity (Wildman–Crippen MR) is 96.1 cm³/mol. The number of rotatable bonds is 5. The van der Waals surface area contributed by atoms with Gasteiger partial charge >= 0.3 is 0 Å². The summed E-state index contributed by atoms with van der Waals surface area (Å²) < 4.78 is 28.7. The molecule has 3 rings (SSSR count). The van der Waals surface area contributed by atoms with Gasteiger partial charge in [0.25, 0.3) is 5.91 Å². The van der Waals surface area contributed by atoms with Gasteiger partial charge in [0, 0.05) is 19.1 Å². The van der Waals surface area contributed by atoms with E-state index in [-0.39, 0.29) is 28.6 Å². The van der Waals surface area contributed by atoms with Gasteiger partial charge < -0.3 is 5.32 Å². The third-order valence-electron chi connectivity index (χ3n) is 4.28. The van der Waals surface area contributed by atoms with Gasteiger partial charge in [0.05, 0.1) is 17.1 Å². The van der Waals surface area contributed by atoms with E-state index >= 15 is 0 Å². The minimum Gasteiger partial charge on any atom is -0.348 e. The van der Waals surface area contributed by atoms with Crippen LogP contribution in [0.2, 0.25) is 0 Å². The number of nitrogens with zero attached hydrogens (tertiary/aromatic N) is 4. The quantitative estimate of drug-likeness (QED) is 0.850. The summed E-state index contributed by atoms with van der Waals surface area (Å²) in [5.41, 5.74) is 0.238. The maximum atomic E-state index is 12.8. The molecule has 26 heavy (non-hydrogen) atoms. The van der Waals surface area contributed by atoms with E-state index in [1.165, 1.54) is 4.31 Å². The topological polar surface area (TPSA) is 97.2 Å². The number of amides is 1. The van der Waals surface area contributed by atoms with Crippen LogP contribution in [-0.4, -0.2) is 52.8 Å². The van der Waals surface area contributed by atoms with Crippen molar-refractivity contribution in [3.63, 3.8) is 0 Å². The van der Waals surface area contributed by atoms with Gasteiger partial charge in [-0.2, -0.15) is 4.31 Å². The fraction of sp³-hybridized carbons (Fsp3) is 0.471. The molecule has 8 nitrogen and oxygen atoms in total. The molecule has 0 bridgehead atoms. The van der Waals surface area contributed by atoms with Gasteiger partial charge in [0.1, 0.15) is 0 Å². The number of piperidine rings is 1. The molecular formula is C17H23N5O3S. The number of carbonyl (C=O) groups excluding carboxylic acids is 1. The maximum absolute atomic E-state index is 12.8. The lowest BCUT2D eigenvalue weighted by atomic mass is 10.1. The van der Waals surface area contributed by atoms with Crippen molar-refractivity contribution < 1.29 is 13.2 Å². The average molecular weight is 377 g/mol. The summed E-state index contributed by atoms with van der Waals surface area (Å²) in [5.74, 6) is -0.282. The molecule has 1 fully saturated rings. The van der Waals surface area contributed by atoms with Crippen molar-refractivity contribution in [1.82, 2.24) is 24.6 Å². The Morgan fingerprint density at radius 3 is 2.69 bits per heavy atom. The van der Waals surface area contributed by atoms with Gasteiger partial charge in [0.15, 0.2) is 5.69 Å². The molecule has 2 heterocycles. The van der Waals surface area contributed by atoms with Crippen molar-refractivity contribution in [2.24, 2.45) is 0 Å². The predicted octanol–water partition coefficient (Wildman–Crippen LogP) is 1.44. The van der Waals surface area contributed by atoms with Crippen LogP contribution in [0.1, 0.15) is 43.2 Å². The van der Waals surface area contributed by atoms with Crippen LogP contribution in [0.25, 0.3) is 0 Å². The Kier molecular flexibility index (Phi) is 5.38. The summed E-state index contributed by atoms with van der Waals surface area (Å²) in [6.07, 6.45) is 3.10. The molecule has 1 unspecified atom stereocenters. The van der Waals surface area contributed by atoms with Crippen molar-refractivity contribution in [1.29, 1.82) is 0 Å². The summed E-state index contributed by atoms with van der Waals surface area (Å²) in [6, 6.07) is 8.28. The number of benzene rings is 1.